The summed E-state index contributed by atoms with van der Waals surface area (Å²) >= 11 is 6.31. The normalized spacial score (nSPS) is 13.7. The number of carbonyl (C=O) groups excluding carboxylic acids is 2. The van der Waals surface area contributed by atoms with Gasteiger partial charge in [-0.1, -0.05) is 11.6 Å². The number of sulfone groups is 1. The standard InChI is InChI=1S/C31H30ClN5O5S/c1-42-24-7-2-21(3-8-24)30(39)36-23-6-11-28(32)27(17-23)29(38)16-20-18-34-31(35-19-20)37-22-4-9-25(10-5-22)43(40,41)26-12-14-33-15-13-26/h2-11,17-19,26,33H,12-16H2,1H3,(H,36,39)(H,34,35,37). The predicted octanol–water partition coefficient (Wildman–Crippen LogP) is 5.09. The van der Waals surface area contributed by atoms with E-state index < -0.39 is 9.84 Å². The molecule has 0 unspecified atom stereocenters. The van der Waals surface area contributed by atoms with Gasteiger partial charge in [0.25, 0.3) is 5.91 Å². The molecular weight excluding hydrogens is 590 g/mol. The highest BCUT2D eigenvalue weighted by atomic mass is 35.5. The number of hydrogen-bond donors (Lipinski definition) is 3. The average molecular weight is 620 g/mol. The molecule has 4 aromatic rings. The second-order valence-corrected chi connectivity index (χ2v) is 12.7. The van der Waals surface area contributed by atoms with Crippen LogP contribution in [0.1, 0.15) is 39.1 Å². The van der Waals surface area contributed by atoms with Crippen LogP contribution in [0.15, 0.2) is 84.0 Å². The van der Waals surface area contributed by atoms with Gasteiger partial charge in [0.05, 0.1) is 22.3 Å². The fraction of sp³-hybridized carbons (Fsp3) is 0.226. The highest BCUT2D eigenvalue weighted by molar-refractivity contribution is 7.92. The van der Waals surface area contributed by atoms with E-state index in [1.807, 2.05) is 0 Å². The summed E-state index contributed by atoms with van der Waals surface area (Å²) in [5.74, 6) is 0.336. The van der Waals surface area contributed by atoms with Crippen LogP contribution in [0.25, 0.3) is 0 Å². The average Bonchev–Trinajstić information content (AvgIpc) is 3.03. The number of halogens is 1. The van der Waals surface area contributed by atoms with E-state index in [0.717, 1.165) is 0 Å². The number of ketones is 1. The van der Waals surface area contributed by atoms with Crippen molar-refractivity contribution in [3.63, 3.8) is 0 Å². The number of Topliss-reactive ketones (excluding diaryl/α,β-unsaturated/α-hetero) is 1. The van der Waals surface area contributed by atoms with Crippen molar-refractivity contribution < 1.29 is 22.7 Å². The van der Waals surface area contributed by atoms with E-state index in [-0.39, 0.29) is 33.9 Å². The summed E-state index contributed by atoms with van der Waals surface area (Å²) in [6.45, 7) is 1.40. The van der Waals surface area contributed by atoms with Crippen LogP contribution >= 0.6 is 11.6 Å². The molecule has 1 fully saturated rings. The van der Waals surface area contributed by atoms with Crippen molar-refractivity contribution in [1.82, 2.24) is 15.3 Å². The van der Waals surface area contributed by atoms with Gasteiger partial charge in [0.15, 0.2) is 15.6 Å². The topological polar surface area (TPSA) is 139 Å². The molecule has 1 aliphatic rings. The first-order chi connectivity index (χ1) is 20.7. The summed E-state index contributed by atoms with van der Waals surface area (Å²) in [7, 11) is -1.84. The van der Waals surface area contributed by atoms with Gasteiger partial charge >= 0.3 is 0 Å². The second kappa shape index (κ2) is 13.3. The van der Waals surface area contributed by atoms with E-state index in [1.165, 1.54) is 18.5 Å². The Morgan fingerprint density at radius 1 is 0.953 bits per heavy atom. The molecule has 1 aromatic heterocycles. The van der Waals surface area contributed by atoms with Gasteiger partial charge in [0, 0.05) is 41.3 Å². The van der Waals surface area contributed by atoms with Crippen LogP contribution in [-0.2, 0) is 16.3 Å². The van der Waals surface area contributed by atoms with Crippen molar-refractivity contribution in [3.8, 4) is 5.75 Å². The first-order valence-corrected chi connectivity index (χ1v) is 15.6. The molecule has 0 spiro atoms. The van der Waals surface area contributed by atoms with Crippen LogP contribution in [0.3, 0.4) is 0 Å². The SMILES string of the molecule is COc1ccc(C(=O)Nc2ccc(Cl)c(C(=O)Cc3cnc(Nc4ccc(S(=O)(=O)C5CCNCC5)cc4)nc3)c2)cc1. The number of ether oxygens (including phenoxy) is 1. The first kappa shape index (κ1) is 30.1. The van der Waals surface area contributed by atoms with Crippen LogP contribution in [0, 0.1) is 0 Å². The van der Waals surface area contributed by atoms with Crippen LogP contribution < -0.4 is 20.7 Å². The minimum atomic E-state index is -3.38. The summed E-state index contributed by atoms with van der Waals surface area (Å²) in [6.07, 6.45) is 4.27. The second-order valence-electron chi connectivity index (χ2n) is 10.0. The van der Waals surface area contributed by atoms with Gasteiger partial charge in [-0.25, -0.2) is 18.4 Å². The van der Waals surface area contributed by atoms with Gasteiger partial charge in [-0.15, -0.1) is 0 Å². The number of hydrogen-bond acceptors (Lipinski definition) is 9. The minimum absolute atomic E-state index is 0.000870. The Morgan fingerprint density at radius 3 is 2.26 bits per heavy atom. The Kier molecular flexibility index (Phi) is 9.34. The monoisotopic (exact) mass is 619 g/mol. The summed E-state index contributed by atoms with van der Waals surface area (Å²) in [5, 5.41) is 8.90. The Hall–Kier alpha value is -4.32. The highest BCUT2D eigenvalue weighted by Crippen LogP contribution is 2.25. The number of amides is 1. The van der Waals surface area contributed by atoms with Crippen molar-refractivity contribution in [1.29, 1.82) is 0 Å². The van der Waals surface area contributed by atoms with Gasteiger partial charge in [-0.05, 0) is 98.2 Å². The van der Waals surface area contributed by atoms with Crippen LogP contribution in [-0.4, -0.2) is 55.5 Å². The van der Waals surface area contributed by atoms with E-state index in [1.54, 1.807) is 67.8 Å². The molecule has 1 saturated heterocycles. The lowest BCUT2D eigenvalue weighted by Crippen LogP contribution is -2.35. The van der Waals surface area contributed by atoms with Crippen molar-refractivity contribution >= 4 is 50.5 Å². The number of methoxy groups -OCH3 is 1. The molecule has 2 heterocycles. The number of carbonyl (C=O) groups is 2. The lowest BCUT2D eigenvalue weighted by molar-refractivity contribution is 0.0989. The lowest BCUT2D eigenvalue weighted by Gasteiger charge is -2.22. The third-order valence-corrected chi connectivity index (χ3v) is 9.72. The van der Waals surface area contributed by atoms with Gasteiger partial charge in [-0.3, -0.25) is 9.59 Å². The van der Waals surface area contributed by atoms with E-state index >= 15 is 0 Å². The fourth-order valence-corrected chi connectivity index (χ4v) is 6.69. The van der Waals surface area contributed by atoms with Crippen LogP contribution in [0.4, 0.5) is 17.3 Å². The van der Waals surface area contributed by atoms with Crippen LogP contribution in [0.2, 0.25) is 5.02 Å². The molecule has 0 radical (unpaired) electrons. The molecule has 0 aliphatic carbocycles. The lowest BCUT2D eigenvalue weighted by atomic mass is 10.0. The smallest absolute Gasteiger partial charge is 0.255 e. The maximum atomic E-state index is 13.1. The summed E-state index contributed by atoms with van der Waals surface area (Å²) in [4.78, 5) is 34.6. The van der Waals surface area contributed by atoms with E-state index in [0.29, 0.717) is 65.0 Å². The summed E-state index contributed by atoms with van der Waals surface area (Å²) in [5.41, 5.74) is 2.33. The van der Waals surface area contributed by atoms with Gasteiger partial charge in [-0.2, -0.15) is 0 Å². The molecule has 0 atom stereocenters. The first-order valence-electron chi connectivity index (χ1n) is 13.6. The largest absolute Gasteiger partial charge is 0.497 e. The number of anilines is 3. The predicted molar refractivity (Wildman–Crippen MR) is 165 cm³/mol. The number of nitrogens with one attached hydrogen (secondary N) is 3. The van der Waals surface area contributed by atoms with Crippen molar-refractivity contribution in [2.75, 3.05) is 30.8 Å². The number of piperidine rings is 1. The molecule has 3 N–H and O–H groups in total. The quantitative estimate of drug-likeness (QED) is 0.207. The van der Waals surface area contributed by atoms with E-state index in [9.17, 15) is 18.0 Å². The number of rotatable bonds is 10. The molecule has 0 bridgehead atoms. The molecule has 5 rings (SSSR count). The van der Waals surface area contributed by atoms with Gasteiger partial charge < -0.3 is 20.7 Å². The van der Waals surface area contributed by atoms with E-state index in [4.69, 9.17) is 16.3 Å². The van der Waals surface area contributed by atoms with E-state index in [2.05, 4.69) is 25.9 Å². The Bertz CT molecular complexity index is 1710. The molecule has 12 heteroatoms. The fourth-order valence-electron chi connectivity index (χ4n) is 4.71. The number of nitrogens with zero attached hydrogens (tertiary/aromatic N) is 2. The zero-order valence-corrected chi connectivity index (χ0v) is 24.9. The Morgan fingerprint density at radius 2 is 1.60 bits per heavy atom. The molecule has 10 nitrogen and oxygen atoms in total. The maximum Gasteiger partial charge on any atom is 0.255 e. The zero-order chi connectivity index (χ0) is 30.4. The van der Waals surface area contributed by atoms with Crippen molar-refractivity contribution in [2.24, 2.45) is 0 Å². The number of aromatic nitrogens is 2. The molecule has 222 valence electrons. The van der Waals surface area contributed by atoms with Gasteiger partial charge in [0.1, 0.15) is 5.75 Å². The third kappa shape index (κ3) is 7.37. The molecule has 3 aromatic carbocycles. The molecule has 1 amide bonds. The van der Waals surface area contributed by atoms with Crippen LogP contribution in [0.5, 0.6) is 5.75 Å². The minimum Gasteiger partial charge on any atom is -0.497 e. The molecular formula is C31H30ClN5O5S. The highest BCUT2D eigenvalue weighted by Gasteiger charge is 2.28. The van der Waals surface area contributed by atoms with Gasteiger partial charge in [0.2, 0.25) is 5.95 Å². The van der Waals surface area contributed by atoms with Crippen molar-refractivity contribution in [2.45, 2.75) is 29.4 Å². The Labute approximate surface area is 254 Å². The number of benzene rings is 3. The van der Waals surface area contributed by atoms with Crippen molar-refractivity contribution in [3.05, 3.63) is 101 Å². The molecule has 0 saturated carbocycles. The maximum absolute atomic E-state index is 13.1. The Balaban J connectivity index is 1.20. The molecule has 43 heavy (non-hydrogen) atoms. The summed E-state index contributed by atoms with van der Waals surface area (Å²) in [6, 6.07) is 17.9. The third-order valence-electron chi connectivity index (χ3n) is 7.11. The summed E-state index contributed by atoms with van der Waals surface area (Å²) < 4.78 is 31.0. The molecule has 1 aliphatic heterocycles. The zero-order valence-electron chi connectivity index (χ0n) is 23.3.